The molecule has 0 fully saturated rings. The molecule has 2 aromatic carbocycles. The van der Waals surface area contributed by atoms with E-state index in [1.54, 1.807) is 0 Å². The summed E-state index contributed by atoms with van der Waals surface area (Å²) in [7, 11) is 0. The van der Waals surface area contributed by atoms with Crippen LogP contribution in [0.4, 0.5) is 0 Å². The Kier molecular flexibility index (Phi) is 12.4. The molecule has 1 unspecified atom stereocenters. The Hall–Kier alpha value is 0.129. The van der Waals surface area contributed by atoms with Crippen molar-refractivity contribution in [2.45, 2.75) is 61.4 Å². The van der Waals surface area contributed by atoms with E-state index >= 15 is 0 Å². The molecule has 2 rings (SSSR count). The molecule has 154 valence electrons. The van der Waals surface area contributed by atoms with Gasteiger partial charge >= 0.3 is 192 Å². The summed E-state index contributed by atoms with van der Waals surface area (Å²) in [6, 6.07) is 22.0. The van der Waals surface area contributed by atoms with Gasteiger partial charge in [-0.1, -0.05) is 0 Å². The van der Waals surface area contributed by atoms with Gasteiger partial charge in [0.25, 0.3) is 0 Å². The van der Waals surface area contributed by atoms with Gasteiger partial charge in [0.15, 0.2) is 0 Å². The maximum absolute atomic E-state index is 6.45. The molecular formula is C24H35PSSe2. The maximum atomic E-state index is 6.45. The summed E-state index contributed by atoms with van der Waals surface area (Å²) in [6.07, 6.45) is 10.5. The van der Waals surface area contributed by atoms with Gasteiger partial charge in [0.2, 0.25) is 0 Å². The Bertz CT molecular complexity index is 643. The van der Waals surface area contributed by atoms with Crippen LogP contribution in [0, 0.1) is 0 Å². The molecule has 0 nitrogen and oxygen atoms in total. The fraction of sp³-hybridized carbons (Fsp3) is 0.500. The van der Waals surface area contributed by atoms with Gasteiger partial charge in [0.05, 0.1) is 0 Å². The van der Waals surface area contributed by atoms with Crippen LogP contribution in [0.5, 0.6) is 0 Å². The van der Waals surface area contributed by atoms with Gasteiger partial charge in [-0.05, 0) is 0 Å². The van der Waals surface area contributed by atoms with Crippen LogP contribution in [-0.2, 0) is 24.6 Å². The van der Waals surface area contributed by atoms with Crippen molar-refractivity contribution in [3.8, 4) is 0 Å². The molecule has 0 saturated carbocycles. The van der Waals surface area contributed by atoms with E-state index < -0.39 is 4.73 Å². The van der Waals surface area contributed by atoms with Crippen LogP contribution in [0.3, 0.4) is 0 Å². The fourth-order valence-electron chi connectivity index (χ4n) is 3.18. The van der Waals surface area contributed by atoms with Crippen LogP contribution in [0.25, 0.3) is 0 Å². The molecule has 0 aliphatic heterocycles. The molecule has 0 bridgehead atoms. The van der Waals surface area contributed by atoms with Crippen molar-refractivity contribution in [1.82, 2.24) is 0 Å². The van der Waals surface area contributed by atoms with Crippen molar-refractivity contribution in [2.24, 2.45) is 0 Å². The molecule has 0 aliphatic rings. The molecule has 4 heteroatoms. The average Bonchev–Trinajstić information content (AvgIpc) is 2.72. The van der Waals surface area contributed by atoms with Crippen molar-refractivity contribution >= 4 is 46.0 Å². The standard InChI is InChI=1S/C24H35PSSe2/c1-3-4-5-12-21-27-22(2)28-25(26,19-17-23-13-8-6-9-14-23)20-18-24-15-10-7-11-16-24/h6-11,13-16,22H,3-5,12,17-21H2,1-2H3. The van der Waals surface area contributed by atoms with Crippen molar-refractivity contribution in [1.29, 1.82) is 0 Å². The third-order valence-corrected chi connectivity index (χ3v) is 22.8. The Morgan fingerprint density at radius 3 is 1.86 bits per heavy atom. The first-order valence-electron chi connectivity index (χ1n) is 10.6. The first-order valence-corrected chi connectivity index (χ1v) is 19.1. The molecular weight excluding hydrogens is 509 g/mol. The molecule has 0 amide bonds. The van der Waals surface area contributed by atoms with Crippen LogP contribution in [0.15, 0.2) is 60.7 Å². The van der Waals surface area contributed by atoms with E-state index in [9.17, 15) is 0 Å². The second-order valence-corrected chi connectivity index (χ2v) is 25.5. The Morgan fingerprint density at radius 2 is 1.36 bits per heavy atom. The average molecular weight is 545 g/mol. The first kappa shape index (κ1) is 24.4. The molecule has 28 heavy (non-hydrogen) atoms. The Morgan fingerprint density at radius 1 is 0.821 bits per heavy atom. The predicted molar refractivity (Wildman–Crippen MR) is 134 cm³/mol. The first-order chi connectivity index (χ1) is 13.6. The molecule has 0 saturated heterocycles. The van der Waals surface area contributed by atoms with E-state index in [0.29, 0.717) is 14.5 Å². The van der Waals surface area contributed by atoms with Crippen LogP contribution < -0.4 is 0 Å². The van der Waals surface area contributed by atoms with E-state index in [1.165, 1.54) is 67.3 Å². The van der Waals surface area contributed by atoms with E-state index in [-0.39, 0.29) is 0 Å². The predicted octanol–water partition coefficient (Wildman–Crippen LogP) is 7.04. The summed E-state index contributed by atoms with van der Waals surface area (Å²) in [5.74, 6) is 0. The normalized spacial score (nSPS) is 12.8. The quantitative estimate of drug-likeness (QED) is 0.140. The number of hydrogen-bond donors (Lipinski definition) is 0. The SMILES string of the molecule is CCCCCC[Se]C(C)[Se]P(=S)(CCc1ccccc1)CCc1ccccc1. The van der Waals surface area contributed by atoms with E-state index in [1.807, 2.05) is 0 Å². The second-order valence-electron chi connectivity index (χ2n) is 7.34. The van der Waals surface area contributed by atoms with Crippen LogP contribution in [-0.4, -0.2) is 41.8 Å². The summed E-state index contributed by atoms with van der Waals surface area (Å²) in [5, 5.41) is 1.46. The zero-order chi connectivity index (χ0) is 20.1. The van der Waals surface area contributed by atoms with Crippen LogP contribution in [0.2, 0.25) is 9.03 Å². The number of aryl methyl sites for hydroxylation is 2. The van der Waals surface area contributed by atoms with Crippen LogP contribution in [0.1, 0.15) is 50.7 Å². The van der Waals surface area contributed by atoms with E-state index in [0.717, 1.165) is 18.7 Å². The number of rotatable bonds is 14. The third kappa shape index (κ3) is 10.2. The van der Waals surface area contributed by atoms with Crippen molar-refractivity contribution in [2.75, 3.05) is 12.3 Å². The summed E-state index contributed by atoms with van der Waals surface area (Å²) >= 11 is 7.88. The van der Waals surface area contributed by atoms with Crippen LogP contribution >= 0.6 is 4.73 Å². The molecule has 0 radical (unpaired) electrons. The molecule has 0 spiro atoms. The minimum absolute atomic E-state index is 0.649. The minimum atomic E-state index is -1.26. The molecule has 0 N–H and O–H groups in total. The van der Waals surface area contributed by atoms with Crippen molar-refractivity contribution in [3.05, 3.63) is 71.8 Å². The summed E-state index contributed by atoms with van der Waals surface area (Å²) < 4.78 is -0.354. The van der Waals surface area contributed by atoms with Gasteiger partial charge in [-0.15, -0.1) is 0 Å². The zero-order valence-electron chi connectivity index (χ0n) is 17.4. The Labute approximate surface area is 190 Å². The molecule has 1 atom stereocenters. The van der Waals surface area contributed by atoms with E-state index in [2.05, 4.69) is 74.5 Å². The number of unbranched alkanes of at least 4 members (excludes halogenated alkanes) is 3. The molecule has 0 aromatic heterocycles. The van der Waals surface area contributed by atoms with Gasteiger partial charge in [-0.25, -0.2) is 0 Å². The van der Waals surface area contributed by atoms with Gasteiger partial charge in [0, 0.05) is 0 Å². The number of hydrogen-bond acceptors (Lipinski definition) is 1. The molecule has 0 aliphatic carbocycles. The zero-order valence-corrected chi connectivity index (χ0v) is 22.5. The molecule has 2 aromatic rings. The van der Waals surface area contributed by atoms with Gasteiger partial charge in [-0.3, -0.25) is 0 Å². The Balaban J connectivity index is 1.91. The summed E-state index contributed by atoms with van der Waals surface area (Å²) in [4.78, 5) is 0. The molecule has 0 heterocycles. The number of benzene rings is 2. The van der Waals surface area contributed by atoms with Gasteiger partial charge < -0.3 is 0 Å². The van der Waals surface area contributed by atoms with E-state index in [4.69, 9.17) is 11.8 Å². The van der Waals surface area contributed by atoms with Crippen molar-refractivity contribution < 1.29 is 0 Å². The third-order valence-electron chi connectivity index (χ3n) is 4.86. The summed E-state index contributed by atoms with van der Waals surface area (Å²) in [5.41, 5.74) is 2.93. The topological polar surface area (TPSA) is 0 Å². The van der Waals surface area contributed by atoms with Gasteiger partial charge in [0.1, 0.15) is 0 Å². The summed E-state index contributed by atoms with van der Waals surface area (Å²) in [6.45, 7) is 4.80. The second kappa shape index (κ2) is 14.2. The fourth-order valence-corrected chi connectivity index (χ4v) is 26.1. The monoisotopic (exact) mass is 546 g/mol. The van der Waals surface area contributed by atoms with Gasteiger partial charge in [-0.2, -0.15) is 0 Å². The van der Waals surface area contributed by atoms with Crippen molar-refractivity contribution in [3.63, 3.8) is 0 Å².